The second-order valence-electron chi connectivity index (χ2n) is 12.0. The number of carbonyl (C=O) groups is 1. The largest absolute Gasteiger partial charge is 0.396 e. The van der Waals surface area contributed by atoms with E-state index >= 15 is 0 Å². The standard InChI is InChI=1S/C18H22FN3O2.C18H20FN3O2.2CH4/c2*19-14-6-8-16(9-7-14)22-13-15(5-4-12-23)20-17(18(22)24)21-10-2-1-3-11-21;;/h6-9,13,23H,1-5,10-12H2;6-9,12-13H,1-5,10-11H2;2*1H4. The first-order chi connectivity index (χ1) is 23.4. The molecule has 2 aliphatic rings. The number of hydrogen-bond donors (Lipinski definition) is 1. The highest BCUT2D eigenvalue weighted by Gasteiger charge is 2.20. The van der Waals surface area contributed by atoms with Crippen LogP contribution in [-0.4, -0.2) is 63.3 Å². The molecule has 2 saturated heterocycles. The number of anilines is 2. The van der Waals surface area contributed by atoms with Crippen LogP contribution in [0.2, 0.25) is 0 Å². The minimum atomic E-state index is -0.349. The zero-order valence-electron chi connectivity index (χ0n) is 27.1. The van der Waals surface area contributed by atoms with Crippen LogP contribution in [-0.2, 0) is 17.6 Å². The van der Waals surface area contributed by atoms with E-state index in [-0.39, 0.29) is 44.2 Å². The second-order valence-corrected chi connectivity index (χ2v) is 12.0. The lowest BCUT2D eigenvalue weighted by molar-refractivity contribution is -0.107. The molecular weight excluding hydrogens is 642 g/mol. The summed E-state index contributed by atoms with van der Waals surface area (Å²) in [6.45, 7) is 3.35. The number of hydrogen-bond acceptors (Lipinski definition) is 8. The molecule has 0 bridgehead atoms. The maximum absolute atomic E-state index is 13.2. The predicted octanol–water partition coefficient (Wildman–Crippen LogP) is 6.05. The molecule has 2 aliphatic heterocycles. The molecule has 0 unspecified atom stereocenters. The maximum atomic E-state index is 13.2. The lowest BCUT2D eigenvalue weighted by atomic mass is 10.1. The van der Waals surface area contributed by atoms with Crippen molar-refractivity contribution in [2.24, 2.45) is 0 Å². The number of carbonyl (C=O) groups excluding carboxylic acids is 1. The van der Waals surface area contributed by atoms with Crippen molar-refractivity contribution in [3.8, 4) is 11.4 Å². The first-order valence-corrected chi connectivity index (χ1v) is 16.7. The van der Waals surface area contributed by atoms with Crippen LogP contribution in [0.3, 0.4) is 0 Å². The van der Waals surface area contributed by atoms with Crippen LogP contribution in [0.15, 0.2) is 70.5 Å². The van der Waals surface area contributed by atoms with Gasteiger partial charge in [0.25, 0.3) is 11.1 Å². The fourth-order valence-corrected chi connectivity index (χ4v) is 5.97. The summed E-state index contributed by atoms with van der Waals surface area (Å²) in [7, 11) is 0. The molecule has 1 N–H and O–H groups in total. The van der Waals surface area contributed by atoms with Gasteiger partial charge in [0.2, 0.25) is 0 Å². The van der Waals surface area contributed by atoms with Gasteiger partial charge in [-0.15, -0.1) is 0 Å². The number of aromatic nitrogens is 4. The van der Waals surface area contributed by atoms with Gasteiger partial charge < -0.3 is 19.7 Å². The van der Waals surface area contributed by atoms with Crippen molar-refractivity contribution in [2.45, 2.75) is 79.1 Å². The number of piperidine rings is 2. The minimum absolute atomic E-state index is 0. The highest BCUT2D eigenvalue weighted by Crippen LogP contribution is 2.19. The van der Waals surface area contributed by atoms with E-state index in [9.17, 15) is 23.2 Å². The monoisotopic (exact) mass is 692 g/mol. The number of benzene rings is 2. The van der Waals surface area contributed by atoms with E-state index in [0.29, 0.717) is 54.4 Å². The summed E-state index contributed by atoms with van der Waals surface area (Å²) < 4.78 is 29.4. The number of aryl methyl sites for hydroxylation is 2. The fraction of sp³-hybridized carbons (Fsp3) is 0.447. The van der Waals surface area contributed by atoms with Crippen LogP contribution >= 0.6 is 0 Å². The van der Waals surface area contributed by atoms with E-state index in [1.54, 1.807) is 36.7 Å². The van der Waals surface area contributed by atoms with Crippen LogP contribution in [0.1, 0.15) is 77.6 Å². The van der Waals surface area contributed by atoms with Gasteiger partial charge in [0.15, 0.2) is 11.6 Å². The van der Waals surface area contributed by atoms with E-state index in [0.717, 1.165) is 70.3 Å². The van der Waals surface area contributed by atoms with Gasteiger partial charge in [-0.05, 0) is 106 Å². The Labute approximate surface area is 293 Å². The molecule has 50 heavy (non-hydrogen) atoms. The minimum Gasteiger partial charge on any atom is -0.396 e. The molecule has 10 nitrogen and oxygen atoms in total. The molecule has 0 amide bonds. The molecule has 0 saturated carbocycles. The number of aliphatic hydroxyl groups is 1. The SMILES string of the molecule is C.C.O=CCCc1cn(-c2ccc(F)cc2)c(=O)c(N2CCCCC2)n1.O=c1c(N2CCCCC2)nc(CCCO)cn1-c1ccc(F)cc1. The summed E-state index contributed by atoms with van der Waals surface area (Å²) in [4.78, 5) is 49.5. The zero-order chi connectivity index (χ0) is 33.9. The van der Waals surface area contributed by atoms with E-state index < -0.39 is 0 Å². The Bertz CT molecular complexity index is 1760. The molecule has 0 aliphatic carbocycles. The van der Waals surface area contributed by atoms with Gasteiger partial charge in [-0.25, -0.2) is 18.7 Å². The smallest absolute Gasteiger partial charge is 0.298 e. The molecular formula is C38H50F2N6O4. The highest BCUT2D eigenvalue weighted by atomic mass is 19.1. The lowest BCUT2D eigenvalue weighted by Crippen LogP contribution is -2.37. The van der Waals surface area contributed by atoms with Gasteiger partial charge >= 0.3 is 0 Å². The Morgan fingerprint density at radius 2 is 1.04 bits per heavy atom. The van der Waals surface area contributed by atoms with Crippen LogP contribution in [0.5, 0.6) is 0 Å². The van der Waals surface area contributed by atoms with Crippen molar-refractivity contribution < 1.29 is 18.7 Å². The topological polar surface area (TPSA) is 114 Å². The molecule has 2 aromatic carbocycles. The third-order valence-electron chi connectivity index (χ3n) is 8.51. The third-order valence-corrected chi connectivity index (χ3v) is 8.51. The molecule has 2 fully saturated rings. The summed E-state index contributed by atoms with van der Waals surface area (Å²) in [6.07, 6.45) is 12.7. The number of aldehydes is 1. The van der Waals surface area contributed by atoms with Crippen molar-refractivity contribution in [1.29, 1.82) is 0 Å². The Kier molecular flexibility index (Phi) is 15.5. The maximum Gasteiger partial charge on any atom is 0.298 e. The van der Waals surface area contributed by atoms with Crippen molar-refractivity contribution in [1.82, 2.24) is 19.1 Å². The van der Waals surface area contributed by atoms with Gasteiger partial charge in [-0.2, -0.15) is 0 Å². The first kappa shape index (κ1) is 39.7. The summed E-state index contributed by atoms with van der Waals surface area (Å²) in [5, 5.41) is 9.07. The molecule has 0 spiro atoms. The zero-order valence-corrected chi connectivity index (χ0v) is 27.1. The van der Waals surface area contributed by atoms with E-state index in [1.165, 1.54) is 39.8 Å². The van der Waals surface area contributed by atoms with E-state index in [1.807, 2.05) is 9.80 Å². The Morgan fingerprint density at radius 3 is 1.42 bits per heavy atom. The summed E-state index contributed by atoms with van der Waals surface area (Å²) >= 11 is 0. The van der Waals surface area contributed by atoms with Gasteiger partial charge in [0.1, 0.15) is 17.9 Å². The summed E-state index contributed by atoms with van der Waals surface area (Å²) in [5.74, 6) is 0.188. The predicted molar refractivity (Wildman–Crippen MR) is 195 cm³/mol. The molecule has 12 heteroatoms. The number of halogens is 2. The van der Waals surface area contributed by atoms with Crippen LogP contribution in [0.4, 0.5) is 20.4 Å². The van der Waals surface area contributed by atoms with E-state index in [4.69, 9.17) is 5.11 Å². The van der Waals surface area contributed by atoms with Crippen molar-refractivity contribution in [3.05, 3.63) is 105 Å². The third kappa shape index (κ3) is 10.2. The molecule has 4 aromatic rings. The van der Waals surface area contributed by atoms with Gasteiger partial charge in [0, 0.05) is 63.0 Å². The lowest BCUT2D eigenvalue weighted by Gasteiger charge is -2.28. The number of rotatable bonds is 10. The summed E-state index contributed by atoms with van der Waals surface area (Å²) in [6, 6.07) is 11.7. The quantitative estimate of drug-likeness (QED) is 0.200. The van der Waals surface area contributed by atoms with Crippen molar-refractivity contribution >= 4 is 17.9 Å². The van der Waals surface area contributed by atoms with Gasteiger partial charge in [-0.1, -0.05) is 14.9 Å². The number of aliphatic hydroxyl groups excluding tert-OH is 1. The Morgan fingerprint density at radius 1 is 0.640 bits per heavy atom. The molecule has 270 valence electrons. The molecule has 2 aromatic heterocycles. The Balaban J connectivity index is 0.000000260. The van der Waals surface area contributed by atoms with Crippen LogP contribution in [0, 0.1) is 11.6 Å². The van der Waals surface area contributed by atoms with Crippen molar-refractivity contribution in [3.63, 3.8) is 0 Å². The van der Waals surface area contributed by atoms with Gasteiger partial charge in [0.05, 0.1) is 11.4 Å². The summed E-state index contributed by atoms with van der Waals surface area (Å²) in [5.41, 5.74) is 2.26. The fourth-order valence-electron chi connectivity index (χ4n) is 5.97. The second kappa shape index (κ2) is 19.5. The number of nitrogens with zero attached hydrogens (tertiary/aromatic N) is 6. The molecule has 4 heterocycles. The first-order valence-electron chi connectivity index (χ1n) is 16.7. The van der Waals surface area contributed by atoms with Crippen molar-refractivity contribution in [2.75, 3.05) is 42.6 Å². The van der Waals surface area contributed by atoms with Gasteiger partial charge in [-0.3, -0.25) is 18.7 Å². The van der Waals surface area contributed by atoms with Crippen LogP contribution < -0.4 is 20.9 Å². The Hall–Kier alpha value is -4.71. The normalized spacial score (nSPS) is 14.1. The highest BCUT2D eigenvalue weighted by molar-refractivity contribution is 5.50. The molecule has 0 radical (unpaired) electrons. The molecule has 6 rings (SSSR count). The average Bonchev–Trinajstić information content (AvgIpc) is 3.12. The van der Waals surface area contributed by atoms with E-state index in [2.05, 4.69) is 9.97 Å². The van der Waals surface area contributed by atoms with Crippen LogP contribution in [0.25, 0.3) is 11.4 Å². The average molecular weight is 693 g/mol. The molecule has 0 atom stereocenters.